The van der Waals surface area contributed by atoms with Gasteiger partial charge in [-0.1, -0.05) is 182 Å². The highest BCUT2D eigenvalue weighted by molar-refractivity contribution is 7.21. The molecule has 0 fully saturated rings. The molecule has 0 amide bonds. The normalized spacial score (nSPS) is 15.3. The van der Waals surface area contributed by atoms with E-state index >= 15 is 0 Å². The van der Waals surface area contributed by atoms with E-state index in [1.54, 1.807) is 11.3 Å². The highest BCUT2D eigenvalue weighted by atomic mass is 32.1. The summed E-state index contributed by atoms with van der Waals surface area (Å²) >= 11 is 1.81. The molecule has 2 heteroatoms. The van der Waals surface area contributed by atoms with Gasteiger partial charge in [-0.25, -0.2) is 4.98 Å². The van der Waals surface area contributed by atoms with Crippen LogP contribution in [0.15, 0.2) is 194 Å². The molecule has 1 aromatic heterocycles. The van der Waals surface area contributed by atoms with Gasteiger partial charge in [-0.05, 0) is 131 Å². The summed E-state index contributed by atoms with van der Waals surface area (Å²) < 4.78 is 1.22. The van der Waals surface area contributed by atoms with Gasteiger partial charge in [0.1, 0.15) is 5.01 Å². The summed E-state index contributed by atoms with van der Waals surface area (Å²) in [4.78, 5) is 5.28. The number of rotatable bonds is 2. The molecule has 0 radical (unpaired) electrons. The number of thiazole rings is 1. The number of hydrogen-bond acceptors (Lipinski definition) is 2. The second-order valence-electron chi connectivity index (χ2n) is 17.1. The van der Waals surface area contributed by atoms with Crippen molar-refractivity contribution < 1.29 is 0 Å². The van der Waals surface area contributed by atoms with Crippen molar-refractivity contribution in [1.82, 2.24) is 4.98 Å². The van der Waals surface area contributed by atoms with E-state index in [-0.39, 0.29) is 0 Å². The molecule has 4 aliphatic rings. The van der Waals surface area contributed by atoms with Crippen molar-refractivity contribution in [3.05, 3.63) is 250 Å². The third-order valence-electron chi connectivity index (χ3n) is 14.5. The minimum Gasteiger partial charge on any atom is -0.236 e. The smallest absolute Gasteiger partial charge is 0.125 e. The summed E-state index contributed by atoms with van der Waals surface area (Å²) in [5.74, 6) is 0. The molecule has 10 aromatic rings. The summed E-state index contributed by atoms with van der Waals surface area (Å²) in [7, 11) is 0. The van der Waals surface area contributed by atoms with E-state index in [4.69, 9.17) is 4.98 Å². The summed E-state index contributed by atoms with van der Waals surface area (Å²) in [5, 5.41) is 3.63. The Morgan fingerprint density at radius 2 is 0.902 bits per heavy atom. The topological polar surface area (TPSA) is 12.9 Å². The van der Waals surface area contributed by atoms with Gasteiger partial charge in [-0.3, -0.25) is 0 Å². The fourth-order valence-electron chi connectivity index (χ4n) is 12.3. The largest absolute Gasteiger partial charge is 0.236 e. The number of fused-ring (bicyclic) bond motifs is 19. The first kappa shape index (κ1) is 33.7. The summed E-state index contributed by atoms with van der Waals surface area (Å²) in [5.41, 5.74) is 22.8. The number of allylic oxidation sites excluding steroid dienone is 1. The minimum absolute atomic E-state index is 0.504. The molecule has 1 nitrogen and oxygen atoms in total. The second-order valence-corrected chi connectivity index (χ2v) is 18.1. The maximum absolute atomic E-state index is 5.28. The Hall–Kier alpha value is -7.13. The van der Waals surface area contributed by atoms with Crippen molar-refractivity contribution in [2.75, 3.05) is 0 Å². The molecule has 284 valence electrons. The van der Waals surface area contributed by atoms with E-state index in [1.807, 2.05) is 0 Å². The predicted octanol–water partition coefficient (Wildman–Crippen LogP) is 14.8. The predicted molar refractivity (Wildman–Crippen MR) is 254 cm³/mol. The quantitative estimate of drug-likeness (QED) is 0.170. The van der Waals surface area contributed by atoms with Gasteiger partial charge < -0.3 is 0 Å². The Morgan fingerprint density at radius 1 is 0.426 bits per heavy atom. The molecule has 0 atom stereocenters. The molecule has 9 aromatic carbocycles. The molecule has 61 heavy (non-hydrogen) atoms. The maximum atomic E-state index is 5.28. The third-order valence-corrected chi connectivity index (χ3v) is 15.5. The van der Waals surface area contributed by atoms with Crippen molar-refractivity contribution in [3.8, 4) is 44.0 Å². The minimum atomic E-state index is -0.538. The number of benzene rings is 9. The standard InChI is InChI=1S/C59H37NS/c1-3-23-43-41(21-1)55(42-22-2-4-24-44(42)56(43)57-60-53-31-15-16-32-54(53)61-57)36-33-34-51-52(35-36)59(47-27-11-7-19-39(47)40-20-8-12-28-48(40)59)50-30-14-13-29-49(50)58(51)45-25-9-5-17-37(45)38-18-6-10-26-46(38)58/h1,3-21,23-35H,2,22H2. The van der Waals surface area contributed by atoms with E-state index in [0.29, 0.717) is 0 Å². The van der Waals surface area contributed by atoms with E-state index in [0.717, 1.165) is 23.4 Å². The van der Waals surface area contributed by atoms with Crippen LogP contribution in [0.3, 0.4) is 0 Å². The van der Waals surface area contributed by atoms with Crippen molar-refractivity contribution in [2.24, 2.45) is 0 Å². The van der Waals surface area contributed by atoms with E-state index in [1.165, 1.54) is 110 Å². The third kappa shape index (κ3) is 4.14. The van der Waals surface area contributed by atoms with Gasteiger partial charge in [0.15, 0.2) is 0 Å². The van der Waals surface area contributed by atoms with Gasteiger partial charge in [0.2, 0.25) is 0 Å². The van der Waals surface area contributed by atoms with Crippen LogP contribution in [0.2, 0.25) is 0 Å². The van der Waals surface area contributed by atoms with Crippen LogP contribution < -0.4 is 0 Å². The zero-order valence-electron chi connectivity index (χ0n) is 33.3. The highest BCUT2D eigenvalue weighted by Gasteiger charge is 2.59. The molecule has 0 saturated heterocycles. The lowest BCUT2D eigenvalue weighted by atomic mass is 9.52. The first-order valence-corrected chi connectivity index (χ1v) is 22.3. The number of nitrogens with zero attached hydrogens (tertiary/aromatic N) is 1. The average molecular weight is 792 g/mol. The van der Waals surface area contributed by atoms with Gasteiger partial charge in [-0.2, -0.15) is 0 Å². The molecular formula is C59H37NS. The van der Waals surface area contributed by atoms with Gasteiger partial charge in [0, 0.05) is 5.56 Å². The van der Waals surface area contributed by atoms with Crippen LogP contribution >= 0.6 is 11.3 Å². The number of para-hydroxylation sites is 1. The van der Waals surface area contributed by atoms with Crippen LogP contribution in [0.4, 0.5) is 0 Å². The summed E-state index contributed by atoms with van der Waals surface area (Å²) in [6, 6.07) is 71.5. The van der Waals surface area contributed by atoms with Crippen molar-refractivity contribution in [3.63, 3.8) is 0 Å². The van der Waals surface area contributed by atoms with Crippen LogP contribution in [0.1, 0.15) is 62.1 Å². The lowest BCUT2D eigenvalue weighted by molar-refractivity contribution is 0.633. The lowest BCUT2D eigenvalue weighted by Crippen LogP contribution is -2.43. The van der Waals surface area contributed by atoms with Gasteiger partial charge in [-0.15, -0.1) is 11.3 Å². The fourth-order valence-corrected chi connectivity index (χ4v) is 13.4. The number of aromatic nitrogens is 1. The first-order chi connectivity index (χ1) is 30.3. The first-order valence-electron chi connectivity index (χ1n) is 21.5. The maximum Gasteiger partial charge on any atom is 0.125 e. The molecule has 0 bridgehead atoms. The van der Waals surface area contributed by atoms with Gasteiger partial charge in [0.05, 0.1) is 21.0 Å². The molecule has 0 unspecified atom stereocenters. The highest BCUT2D eigenvalue weighted by Crippen LogP contribution is 2.67. The summed E-state index contributed by atoms with van der Waals surface area (Å²) in [6.07, 6.45) is 6.74. The van der Waals surface area contributed by atoms with Crippen LogP contribution in [0.25, 0.3) is 71.0 Å². The monoisotopic (exact) mass is 791 g/mol. The Morgan fingerprint density at radius 3 is 1.49 bits per heavy atom. The van der Waals surface area contributed by atoms with Crippen LogP contribution in [-0.2, 0) is 17.3 Å². The van der Waals surface area contributed by atoms with Crippen molar-refractivity contribution in [2.45, 2.75) is 23.7 Å². The molecule has 0 aliphatic heterocycles. The fraction of sp³-hybridized carbons (Fsp3) is 0.0678. The Kier molecular flexibility index (Phi) is 6.75. The van der Waals surface area contributed by atoms with Crippen molar-refractivity contribution >= 4 is 38.4 Å². The molecular weight excluding hydrogens is 755 g/mol. The van der Waals surface area contributed by atoms with Gasteiger partial charge >= 0.3 is 0 Å². The van der Waals surface area contributed by atoms with Gasteiger partial charge in [0.25, 0.3) is 0 Å². The van der Waals surface area contributed by atoms with E-state index < -0.39 is 10.8 Å². The second kappa shape index (κ2) is 12.2. The molecule has 0 N–H and O–H groups in total. The zero-order valence-corrected chi connectivity index (χ0v) is 34.1. The Balaban J connectivity index is 1.15. The van der Waals surface area contributed by atoms with E-state index in [2.05, 4.69) is 200 Å². The zero-order chi connectivity index (χ0) is 39.9. The van der Waals surface area contributed by atoms with E-state index in [9.17, 15) is 0 Å². The molecule has 0 saturated carbocycles. The SMILES string of the molecule is C1=Cc2c(c(-c3ccc4c(c3)C3(c5ccccc5-c5ccccc53)c3ccccc3C43c4ccccc4-c4ccccc43)c3ccccc3c2-c2nc3ccccc3s2)CC1. The average Bonchev–Trinajstić information content (AvgIpc) is 3.98. The van der Waals surface area contributed by atoms with Crippen LogP contribution in [0.5, 0.6) is 0 Å². The molecule has 14 rings (SSSR count). The van der Waals surface area contributed by atoms with Crippen LogP contribution in [0, 0.1) is 0 Å². The van der Waals surface area contributed by atoms with Crippen LogP contribution in [-0.4, -0.2) is 4.98 Å². The molecule has 4 aliphatic carbocycles. The molecule has 2 spiro atoms. The lowest BCUT2D eigenvalue weighted by Gasteiger charge is -2.49. The van der Waals surface area contributed by atoms with Crippen molar-refractivity contribution in [1.29, 1.82) is 0 Å². The Labute approximate surface area is 359 Å². The summed E-state index contributed by atoms with van der Waals surface area (Å²) in [6.45, 7) is 0. The number of hydrogen-bond donors (Lipinski definition) is 0. The Bertz CT molecular complexity index is 3440. The molecule has 1 heterocycles.